The van der Waals surface area contributed by atoms with Crippen molar-refractivity contribution < 1.29 is 4.92 Å². The highest BCUT2D eigenvalue weighted by Crippen LogP contribution is 2.24. The number of nitro benzene ring substituents is 1. The number of benzene rings is 2. The minimum Gasteiger partial charge on any atom is -0.295 e. The number of piperazine rings is 1. The SMILES string of the molecule is Cc1ccc(CN2CCN(N=Cc3ccc(Cl)c([N+](=O)[O-])c3)CC2)c(C)c1. The van der Waals surface area contributed by atoms with Gasteiger partial charge in [-0.15, -0.1) is 0 Å². The number of aryl methyl sites for hydroxylation is 2. The van der Waals surface area contributed by atoms with Gasteiger partial charge in [0, 0.05) is 44.4 Å². The van der Waals surface area contributed by atoms with E-state index in [4.69, 9.17) is 11.6 Å². The summed E-state index contributed by atoms with van der Waals surface area (Å²) < 4.78 is 0. The van der Waals surface area contributed by atoms with Crippen molar-refractivity contribution in [3.8, 4) is 0 Å². The fourth-order valence-corrected chi connectivity index (χ4v) is 3.36. The molecule has 0 atom stereocenters. The maximum Gasteiger partial charge on any atom is 0.288 e. The third kappa shape index (κ3) is 5.05. The highest BCUT2D eigenvalue weighted by Gasteiger charge is 2.16. The summed E-state index contributed by atoms with van der Waals surface area (Å²) in [4.78, 5) is 12.9. The molecule has 3 rings (SSSR count). The van der Waals surface area contributed by atoms with Crippen molar-refractivity contribution in [1.82, 2.24) is 9.91 Å². The molecule has 1 saturated heterocycles. The highest BCUT2D eigenvalue weighted by molar-refractivity contribution is 6.32. The molecule has 1 aliphatic heterocycles. The van der Waals surface area contributed by atoms with E-state index < -0.39 is 4.92 Å². The summed E-state index contributed by atoms with van der Waals surface area (Å²) in [5.74, 6) is 0. The lowest BCUT2D eigenvalue weighted by Crippen LogP contribution is -2.43. The molecule has 0 unspecified atom stereocenters. The van der Waals surface area contributed by atoms with E-state index in [0.29, 0.717) is 5.56 Å². The van der Waals surface area contributed by atoms with Crippen LogP contribution in [0.5, 0.6) is 0 Å². The molecule has 0 amide bonds. The Balaban J connectivity index is 1.55. The van der Waals surface area contributed by atoms with Crippen LogP contribution >= 0.6 is 11.6 Å². The van der Waals surface area contributed by atoms with E-state index in [9.17, 15) is 10.1 Å². The molecule has 0 spiro atoms. The van der Waals surface area contributed by atoms with Gasteiger partial charge in [-0.2, -0.15) is 5.10 Å². The van der Waals surface area contributed by atoms with Crippen LogP contribution in [0.1, 0.15) is 22.3 Å². The summed E-state index contributed by atoms with van der Waals surface area (Å²) in [6.45, 7) is 8.76. The molecular formula is C20H23ClN4O2. The average molecular weight is 387 g/mol. The van der Waals surface area contributed by atoms with E-state index in [2.05, 4.69) is 42.0 Å². The number of hydrogen-bond acceptors (Lipinski definition) is 5. The molecule has 27 heavy (non-hydrogen) atoms. The largest absolute Gasteiger partial charge is 0.295 e. The summed E-state index contributed by atoms with van der Waals surface area (Å²) in [5.41, 5.74) is 4.56. The first-order valence-corrected chi connectivity index (χ1v) is 9.31. The van der Waals surface area contributed by atoms with Crippen molar-refractivity contribution in [2.45, 2.75) is 20.4 Å². The highest BCUT2D eigenvalue weighted by atomic mass is 35.5. The van der Waals surface area contributed by atoms with Gasteiger partial charge in [0.2, 0.25) is 0 Å². The maximum atomic E-state index is 11.0. The third-order valence-electron chi connectivity index (χ3n) is 4.78. The summed E-state index contributed by atoms with van der Waals surface area (Å²) in [7, 11) is 0. The topological polar surface area (TPSA) is 62.0 Å². The predicted molar refractivity (Wildman–Crippen MR) is 108 cm³/mol. The second kappa shape index (κ2) is 8.50. The summed E-state index contributed by atoms with van der Waals surface area (Å²) in [6, 6.07) is 11.3. The number of hydrogen-bond donors (Lipinski definition) is 0. The molecule has 1 heterocycles. The van der Waals surface area contributed by atoms with E-state index in [1.807, 2.05) is 5.01 Å². The summed E-state index contributed by atoms with van der Waals surface area (Å²) >= 11 is 5.84. The fraction of sp³-hybridized carbons (Fsp3) is 0.350. The van der Waals surface area contributed by atoms with Gasteiger partial charge >= 0.3 is 0 Å². The minimum absolute atomic E-state index is 0.0982. The lowest BCUT2D eigenvalue weighted by molar-refractivity contribution is -0.384. The van der Waals surface area contributed by atoms with Crippen molar-refractivity contribution in [3.05, 3.63) is 73.8 Å². The minimum atomic E-state index is -0.481. The van der Waals surface area contributed by atoms with Gasteiger partial charge in [-0.05, 0) is 31.0 Å². The standard InChI is InChI=1S/C20H23ClN4O2/c1-15-3-5-18(16(2)11-15)14-23-7-9-24(10-8-23)22-13-17-4-6-19(21)20(12-17)25(26)27/h3-6,11-13H,7-10,14H2,1-2H3. The maximum absolute atomic E-state index is 11.0. The van der Waals surface area contributed by atoms with Gasteiger partial charge < -0.3 is 0 Å². The fourth-order valence-electron chi connectivity index (χ4n) is 3.17. The van der Waals surface area contributed by atoms with E-state index >= 15 is 0 Å². The van der Waals surface area contributed by atoms with Crippen molar-refractivity contribution in [2.75, 3.05) is 26.2 Å². The molecule has 6 nitrogen and oxygen atoms in total. The van der Waals surface area contributed by atoms with E-state index in [1.54, 1.807) is 12.3 Å². The molecule has 0 bridgehead atoms. The lowest BCUT2D eigenvalue weighted by atomic mass is 10.1. The Kier molecular flexibility index (Phi) is 6.08. The van der Waals surface area contributed by atoms with Crippen LogP contribution in [-0.4, -0.2) is 47.2 Å². The van der Waals surface area contributed by atoms with Gasteiger partial charge in [-0.25, -0.2) is 0 Å². The first kappa shape index (κ1) is 19.3. The molecule has 0 N–H and O–H groups in total. The number of nitro groups is 1. The summed E-state index contributed by atoms with van der Waals surface area (Å²) in [6.07, 6.45) is 1.66. The zero-order chi connectivity index (χ0) is 19.4. The Morgan fingerprint density at radius 2 is 1.89 bits per heavy atom. The van der Waals surface area contributed by atoms with Crippen molar-refractivity contribution in [2.24, 2.45) is 5.10 Å². The Labute approximate surface area is 164 Å². The molecule has 142 valence electrons. The molecule has 2 aromatic carbocycles. The molecule has 0 saturated carbocycles. The smallest absolute Gasteiger partial charge is 0.288 e. The molecule has 0 aromatic heterocycles. The first-order valence-electron chi connectivity index (χ1n) is 8.94. The van der Waals surface area contributed by atoms with Crippen LogP contribution in [0.15, 0.2) is 41.5 Å². The van der Waals surface area contributed by atoms with E-state index in [-0.39, 0.29) is 10.7 Å². The van der Waals surface area contributed by atoms with Crippen LogP contribution in [-0.2, 0) is 6.54 Å². The van der Waals surface area contributed by atoms with Gasteiger partial charge in [0.1, 0.15) is 5.02 Å². The van der Waals surface area contributed by atoms with Crippen LogP contribution in [0.4, 0.5) is 5.69 Å². The lowest BCUT2D eigenvalue weighted by Gasteiger charge is -2.33. The zero-order valence-electron chi connectivity index (χ0n) is 15.6. The third-order valence-corrected chi connectivity index (χ3v) is 5.10. The van der Waals surface area contributed by atoms with Crippen LogP contribution in [0.2, 0.25) is 5.02 Å². The van der Waals surface area contributed by atoms with Crippen molar-refractivity contribution in [1.29, 1.82) is 0 Å². The monoisotopic (exact) mass is 386 g/mol. The summed E-state index contributed by atoms with van der Waals surface area (Å²) in [5, 5.41) is 17.6. The number of hydrazone groups is 1. The van der Waals surface area contributed by atoms with Gasteiger partial charge in [0.25, 0.3) is 5.69 Å². The Hall–Kier alpha value is -2.44. The van der Waals surface area contributed by atoms with Crippen LogP contribution in [0.25, 0.3) is 0 Å². The molecule has 1 aliphatic rings. The molecule has 0 radical (unpaired) electrons. The number of nitrogens with zero attached hydrogens (tertiary/aromatic N) is 4. The molecule has 0 aliphatic carbocycles. The molecule has 1 fully saturated rings. The van der Waals surface area contributed by atoms with Gasteiger partial charge in [-0.1, -0.05) is 41.4 Å². The molecule has 2 aromatic rings. The zero-order valence-corrected chi connectivity index (χ0v) is 16.3. The van der Waals surface area contributed by atoms with E-state index in [1.165, 1.54) is 28.8 Å². The Bertz CT molecular complexity index is 861. The second-order valence-electron chi connectivity index (χ2n) is 6.87. The quantitative estimate of drug-likeness (QED) is 0.442. The number of halogens is 1. The molecular weight excluding hydrogens is 364 g/mol. The van der Waals surface area contributed by atoms with Crippen LogP contribution < -0.4 is 0 Å². The van der Waals surface area contributed by atoms with Gasteiger partial charge in [0.15, 0.2) is 0 Å². The number of rotatable bonds is 5. The van der Waals surface area contributed by atoms with E-state index in [0.717, 1.165) is 32.7 Å². The average Bonchev–Trinajstić information content (AvgIpc) is 2.64. The Morgan fingerprint density at radius 3 is 2.56 bits per heavy atom. The predicted octanol–water partition coefficient (Wildman–Crippen LogP) is 4.02. The van der Waals surface area contributed by atoms with Crippen molar-refractivity contribution in [3.63, 3.8) is 0 Å². The molecule has 7 heteroatoms. The van der Waals surface area contributed by atoms with Crippen molar-refractivity contribution >= 4 is 23.5 Å². The Morgan fingerprint density at radius 1 is 1.15 bits per heavy atom. The second-order valence-corrected chi connectivity index (χ2v) is 7.28. The first-order chi connectivity index (χ1) is 12.9. The van der Waals surface area contributed by atoms with Crippen LogP contribution in [0.3, 0.4) is 0 Å². The van der Waals surface area contributed by atoms with Crippen LogP contribution in [0, 0.1) is 24.0 Å². The normalized spacial score (nSPS) is 15.4. The van der Waals surface area contributed by atoms with Gasteiger partial charge in [-0.3, -0.25) is 20.0 Å². The van der Waals surface area contributed by atoms with Gasteiger partial charge in [0.05, 0.1) is 11.1 Å².